The van der Waals surface area contributed by atoms with E-state index in [0.29, 0.717) is 38.3 Å². The summed E-state index contributed by atoms with van der Waals surface area (Å²) in [6, 6.07) is 8.81. The van der Waals surface area contributed by atoms with E-state index in [9.17, 15) is 22.4 Å². The van der Waals surface area contributed by atoms with Crippen molar-refractivity contribution in [1.29, 1.82) is 0 Å². The Hall–Kier alpha value is -2.66. The standard InChI is InChI=1S/C20H19F4N5OS/c21-16-4-2-1-3-14(16)11-27-7-9-28(10-8-27)18(30)13-31-19-26-25-17-6-5-15(12-29(17)19)20(22,23)24/h1-6,12H,7-11,13H2. The molecule has 3 heterocycles. The number of hydrogen-bond donors (Lipinski definition) is 0. The van der Waals surface area contributed by atoms with Gasteiger partial charge in [-0.2, -0.15) is 13.2 Å². The number of nitrogens with zero attached hydrogens (tertiary/aromatic N) is 5. The summed E-state index contributed by atoms with van der Waals surface area (Å²) in [5.41, 5.74) is 0.0957. The Bertz CT molecular complexity index is 1080. The molecule has 0 spiro atoms. The van der Waals surface area contributed by atoms with Crippen LogP contribution in [0.2, 0.25) is 0 Å². The molecule has 1 aliphatic heterocycles. The molecule has 4 rings (SSSR count). The first-order valence-corrected chi connectivity index (χ1v) is 10.6. The van der Waals surface area contributed by atoms with Gasteiger partial charge in [-0.05, 0) is 18.2 Å². The molecule has 0 aliphatic carbocycles. The van der Waals surface area contributed by atoms with Crippen LogP contribution in [0.1, 0.15) is 11.1 Å². The molecule has 1 amide bonds. The van der Waals surface area contributed by atoms with Gasteiger partial charge in [0.15, 0.2) is 10.8 Å². The largest absolute Gasteiger partial charge is 0.417 e. The third-order valence-electron chi connectivity index (χ3n) is 5.10. The van der Waals surface area contributed by atoms with E-state index >= 15 is 0 Å². The van der Waals surface area contributed by atoms with E-state index in [-0.39, 0.29) is 28.3 Å². The molecule has 1 saturated heterocycles. The van der Waals surface area contributed by atoms with Crippen LogP contribution in [0.15, 0.2) is 47.8 Å². The molecule has 0 saturated carbocycles. The molecule has 0 atom stereocenters. The average molecular weight is 453 g/mol. The molecule has 1 aromatic carbocycles. The molecule has 164 valence electrons. The summed E-state index contributed by atoms with van der Waals surface area (Å²) in [4.78, 5) is 16.4. The number of hydrogen-bond acceptors (Lipinski definition) is 5. The second-order valence-electron chi connectivity index (χ2n) is 7.16. The number of carbonyl (C=O) groups is 1. The van der Waals surface area contributed by atoms with Crippen molar-refractivity contribution in [3.05, 3.63) is 59.5 Å². The van der Waals surface area contributed by atoms with Crippen molar-refractivity contribution in [2.45, 2.75) is 17.9 Å². The van der Waals surface area contributed by atoms with Crippen LogP contribution in [-0.4, -0.2) is 62.2 Å². The quantitative estimate of drug-likeness (QED) is 0.438. The Labute approximate surface area is 179 Å². The molecule has 0 bridgehead atoms. The van der Waals surface area contributed by atoms with Crippen molar-refractivity contribution in [2.75, 3.05) is 31.9 Å². The zero-order chi connectivity index (χ0) is 22.0. The number of aromatic nitrogens is 3. The topological polar surface area (TPSA) is 53.7 Å². The number of rotatable bonds is 5. The van der Waals surface area contributed by atoms with Gasteiger partial charge < -0.3 is 4.90 Å². The summed E-state index contributed by atoms with van der Waals surface area (Å²) in [6.45, 7) is 2.73. The number of carbonyl (C=O) groups excluding carboxylic acids is 1. The number of benzene rings is 1. The highest BCUT2D eigenvalue weighted by atomic mass is 32.2. The summed E-state index contributed by atoms with van der Waals surface area (Å²) in [7, 11) is 0. The van der Waals surface area contributed by atoms with E-state index in [4.69, 9.17) is 0 Å². The first kappa shape index (κ1) is 21.6. The number of amides is 1. The fourth-order valence-electron chi connectivity index (χ4n) is 3.38. The first-order chi connectivity index (χ1) is 14.8. The lowest BCUT2D eigenvalue weighted by molar-refractivity contribution is -0.138. The van der Waals surface area contributed by atoms with Crippen molar-refractivity contribution < 1.29 is 22.4 Å². The third-order valence-corrected chi connectivity index (χ3v) is 6.03. The van der Waals surface area contributed by atoms with Crippen LogP contribution >= 0.6 is 11.8 Å². The van der Waals surface area contributed by atoms with Crippen LogP contribution in [0.25, 0.3) is 5.65 Å². The molecule has 3 aromatic rings. The molecule has 0 radical (unpaired) electrons. The minimum absolute atomic E-state index is 0.0460. The van der Waals surface area contributed by atoms with Crippen molar-refractivity contribution in [3.8, 4) is 0 Å². The van der Waals surface area contributed by atoms with Crippen LogP contribution in [0, 0.1) is 5.82 Å². The van der Waals surface area contributed by atoms with Gasteiger partial charge >= 0.3 is 6.18 Å². The number of thioether (sulfide) groups is 1. The summed E-state index contributed by atoms with van der Waals surface area (Å²) in [6.07, 6.45) is -3.54. The normalized spacial score (nSPS) is 15.5. The smallest absolute Gasteiger partial charge is 0.339 e. The Morgan fingerprint density at radius 3 is 2.48 bits per heavy atom. The molecule has 0 N–H and O–H groups in total. The van der Waals surface area contributed by atoms with E-state index in [2.05, 4.69) is 15.1 Å². The van der Waals surface area contributed by atoms with Crippen LogP contribution in [0.3, 0.4) is 0 Å². The van der Waals surface area contributed by atoms with Crippen molar-refractivity contribution in [2.24, 2.45) is 0 Å². The maximum Gasteiger partial charge on any atom is 0.417 e. The Balaban J connectivity index is 1.32. The second kappa shape index (κ2) is 8.83. The number of alkyl halides is 3. The zero-order valence-corrected chi connectivity index (χ0v) is 17.2. The van der Waals surface area contributed by atoms with Crippen LogP contribution in [-0.2, 0) is 17.5 Å². The Morgan fingerprint density at radius 2 is 1.77 bits per heavy atom. The van der Waals surface area contributed by atoms with Crippen LogP contribution in [0.4, 0.5) is 17.6 Å². The molecular weight excluding hydrogens is 434 g/mol. The highest BCUT2D eigenvalue weighted by molar-refractivity contribution is 7.99. The van der Waals surface area contributed by atoms with E-state index in [1.54, 1.807) is 23.1 Å². The lowest BCUT2D eigenvalue weighted by Crippen LogP contribution is -2.48. The molecule has 6 nitrogen and oxygen atoms in total. The molecule has 0 unspecified atom stereocenters. The average Bonchev–Trinajstić information content (AvgIpc) is 3.16. The van der Waals surface area contributed by atoms with Gasteiger partial charge in [-0.25, -0.2) is 4.39 Å². The SMILES string of the molecule is O=C(CSc1nnc2ccc(C(F)(F)F)cn12)N1CCN(Cc2ccccc2F)CC1. The fraction of sp³-hybridized carbons (Fsp3) is 0.350. The minimum atomic E-state index is -4.47. The van der Waals surface area contributed by atoms with Gasteiger partial charge in [0.2, 0.25) is 5.91 Å². The maximum absolute atomic E-state index is 13.8. The van der Waals surface area contributed by atoms with Gasteiger partial charge in [0.1, 0.15) is 5.82 Å². The molecule has 1 fully saturated rings. The molecule has 2 aromatic heterocycles. The summed E-state index contributed by atoms with van der Waals surface area (Å²) < 4.78 is 53.9. The predicted octanol–water partition coefficient (Wildman–Crippen LogP) is 3.32. The first-order valence-electron chi connectivity index (χ1n) is 9.59. The van der Waals surface area contributed by atoms with Gasteiger partial charge in [0.05, 0.1) is 11.3 Å². The predicted molar refractivity (Wildman–Crippen MR) is 107 cm³/mol. The second-order valence-corrected chi connectivity index (χ2v) is 8.11. The van der Waals surface area contributed by atoms with Gasteiger partial charge in [-0.3, -0.25) is 14.1 Å². The Morgan fingerprint density at radius 1 is 1.03 bits per heavy atom. The maximum atomic E-state index is 13.8. The molecule has 1 aliphatic rings. The van der Waals surface area contributed by atoms with Gasteiger partial charge in [0, 0.05) is 44.5 Å². The minimum Gasteiger partial charge on any atom is -0.339 e. The van der Waals surface area contributed by atoms with Crippen molar-refractivity contribution >= 4 is 23.3 Å². The monoisotopic (exact) mass is 453 g/mol. The van der Waals surface area contributed by atoms with Crippen molar-refractivity contribution in [3.63, 3.8) is 0 Å². The van der Waals surface area contributed by atoms with Gasteiger partial charge in [-0.15, -0.1) is 10.2 Å². The lowest BCUT2D eigenvalue weighted by Gasteiger charge is -2.34. The highest BCUT2D eigenvalue weighted by Crippen LogP contribution is 2.30. The van der Waals surface area contributed by atoms with E-state index in [0.717, 1.165) is 24.0 Å². The summed E-state index contributed by atoms with van der Waals surface area (Å²) in [5.74, 6) is -0.324. The zero-order valence-electron chi connectivity index (χ0n) is 16.3. The lowest BCUT2D eigenvalue weighted by atomic mass is 10.2. The van der Waals surface area contributed by atoms with Crippen molar-refractivity contribution in [1.82, 2.24) is 24.4 Å². The van der Waals surface area contributed by atoms with E-state index in [1.807, 2.05) is 0 Å². The fourth-order valence-corrected chi connectivity index (χ4v) is 4.20. The van der Waals surface area contributed by atoms with E-state index in [1.165, 1.54) is 16.5 Å². The van der Waals surface area contributed by atoms with Crippen LogP contribution < -0.4 is 0 Å². The third kappa shape index (κ3) is 4.99. The van der Waals surface area contributed by atoms with Crippen LogP contribution in [0.5, 0.6) is 0 Å². The summed E-state index contributed by atoms with van der Waals surface area (Å²) >= 11 is 1.05. The molecule has 31 heavy (non-hydrogen) atoms. The Kier molecular flexibility index (Phi) is 6.15. The van der Waals surface area contributed by atoms with Gasteiger partial charge in [-0.1, -0.05) is 30.0 Å². The number of halogens is 4. The molecule has 11 heteroatoms. The highest BCUT2D eigenvalue weighted by Gasteiger charge is 2.31. The number of fused-ring (bicyclic) bond motifs is 1. The number of pyridine rings is 1. The number of piperazine rings is 1. The molecular formula is C20H19F4N5OS. The van der Waals surface area contributed by atoms with E-state index < -0.39 is 11.7 Å². The van der Waals surface area contributed by atoms with Gasteiger partial charge in [0.25, 0.3) is 0 Å². The summed E-state index contributed by atoms with van der Waals surface area (Å²) in [5, 5.41) is 7.98.